The summed E-state index contributed by atoms with van der Waals surface area (Å²) in [5, 5.41) is 2.45. The van der Waals surface area contributed by atoms with Crippen molar-refractivity contribution in [1.82, 2.24) is 5.32 Å². The molecule has 17 heavy (non-hydrogen) atoms. The molecular weight excluding hydrogens is 226 g/mol. The highest BCUT2D eigenvalue weighted by Gasteiger charge is 2.23. The van der Waals surface area contributed by atoms with Gasteiger partial charge in [0, 0.05) is 0 Å². The largest absolute Gasteiger partial charge is 0.469 e. The maximum atomic E-state index is 11.4. The van der Waals surface area contributed by atoms with Gasteiger partial charge in [0.2, 0.25) is 5.91 Å². The third-order valence-electron chi connectivity index (χ3n) is 2.06. The minimum Gasteiger partial charge on any atom is -0.469 e. The summed E-state index contributed by atoms with van der Waals surface area (Å²) in [4.78, 5) is 33.7. The summed E-state index contributed by atoms with van der Waals surface area (Å²) >= 11 is 0. The van der Waals surface area contributed by atoms with Crippen LogP contribution in [-0.4, -0.2) is 38.1 Å². The number of hydrogen-bond donors (Lipinski definition) is 1. The van der Waals surface area contributed by atoms with Crippen molar-refractivity contribution in [2.24, 2.45) is 5.92 Å². The van der Waals surface area contributed by atoms with Crippen molar-refractivity contribution in [3.63, 3.8) is 0 Å². The Balaban J connectivity index is 4.37. The van der Waals surface area contributed by atoms with Crippen molar-refractivity contribution in [3.05, 3.63) is 0 Å². The molecule has 0 saturated heterocycles. The predicted molar refractivity (Wildman–Crippen MR) is 60.0 cm³/mol. The highest BCUT2D eigenvalue weighted by Crippen LogP contribution is 2.06. The first-order valence-electron chi connectivity index (χ1n) is 5.34. The lowest BCUT2D eigenvalue weighted by atomic mass is 10.0. The molecule has 0 aromatic carbocycles. The monoisotopic (exact) mass is 245 g/mol. The molecule has 0 aromatic rings. The van der Waals surface area contributed by atoms with E-state index in [1.807, 2.05) is 13.8 Å². The van der Waals surface area contributed by atoms with Gasteiger partial charge in [0.15, 0.2) is 0 Å². The molecule has 0 aliphatic carbocycles. The van der Waals surface area contributed by atoms with E-state index in [-0.39, 0.29) is 5.92 Å². The topological polar surface area (TPSA) is 81.7 Å². The van der Waals surface area contributed by atoms with Crippen LogP contribution in [0.3, 0.4) is 0 Å². The molecule has 0 radical (unpaired) electrons. The second-order valence-corrected chi connectivity index (χ2v) is 4.03. The highest BCUT2D eigenvalue weighted by atomic mass is 16.5. The Bertz CT molecular complexity index is 288. The van der Waals surface area contributed by atoms with Crippen molar-refractivity contribution < 1.29 is 23.9 Å². The summed E-state index contributed by atoms with van der Waals surface area (Å²) in [6, 6.07) is -0.725. The summed E-state index contributed by atoms with van der Waals surface area (Å²) < 4.78 is 8.93. The smallest absolute Gasteiger partial charge is 0.328 e. The molecule has 98 valence electrons. The van der Waals surface area contributed by atoms with Crippen molar-refractivity contribution in [3.8, 4) is 0 Å². The van der Waals surface area contributed by atoms with Crippen LogP contribution < -0.4 is 5.32 Å². The van der Waals surface area contributed by atoms with Gasteiger partial charge in [-0.3, -0.25) is 9.59 Å². The molecule has 6 heteroatoms. The van der Waals surface area contributed by atoms with Crippen LogP contribution in [0.4, 0.5) is 0 Å². The van der Waals surface area contributed by atoms with Crippen LogP contribution in [0.15, 0.2) is 0 Å². The van der Waals surface area contributed by atoms with Crippen molar-refractivity contribution in [1.29, 1.82) is 0 Å². The van der Waals surface area contributed by atoms with Crippen molar-refractivity contribution in [2.45, 2.75) is 32.7 Å². The number of carbonyl (C=O) groups is 3. The summed E-state index contributed by atoms with van der Waals surface area (Å²) in [7, 11) is 2.45. The van der Waals surface area contributed by atoms with Gasteiger partial charge in [-0.05, 0) is 12.3 Å². The number of carbonyl (C=O) groups excluding carboxylic acids is 3. The van der Waals surface area contributed by atoms with Gasteiger partial charge in [0.25, 0.3) is 0 Å². The van der Waals surface area contributed by atoms with Crippen molar-refractivity contribution in [2.75, 3.05) is 14.2 Å². The number of methoxy groups -OCH3 is 2. The lowest BCUT2D eigenvalue weighted by Gasteiger charge is -2.17. The van der Waals surface area contributed by atoms with Gasteiger partial charge in [-0.25, -0.2) is 4.79 Å². The van der Waals surface area contributed by atoms with E-state index in [1.54, 1.807) is 0 Å². The Hall–Kier alpha value is -1.59. The summed E-state index contributed by atoms with van der Waals surface area (Å²) in [6.07, 6.45) is 0.0572. The fourth-order valence-corrected chi connectivity index (χ4v) is 1.28. The third-order valence-corrected chi connectivity index (χ3v) is 2.06. The number of rotatable bonds is 6. The van der Waals surface area contributed by atoms with Gasteiger partial charge >= 0.3 is 11.9 Å². The van der Waals surface area contributed by atoms with Gasteiger partial charge in [-0.1, -0.05) is 13.8 Å². The quantitative estimate of drug-likeness (QED) is 0.536. The van der Waals surface area contributed by atoms with E-state index >= 15 is 0 Å². The molecule has 6 nitrogen and oxygen atoms in total. The number of nitrogens with one attached hydrogen (secondary N) is 1. The molecule has 0 unspecified atom stereocenters. The maximum absolute atomic E-state index is 11.4. The standard InChI is InChI=1S/C11H19NO5/c1-7(2)5-8(11(15)17-4)12-9(13)6-10(14)16-3/h7-8H,5-6H2,1-4H3,(H,12,13)/t8-/m1/s1. The second-order valence-electron chi connectivity index (χ2n) is 4.03. The number of esters is 2. The van der Waals surface area contributed by atoms with E-state index < -0.39 is 30.3 Å². The van der Waals surface area contributed by atoms with Gasteiger partial charge in [-0.15, -0.1) is 0 Å². The summed E-state index contributed by atoms with van der Waals surface area (Å²) in [5.74, 6) is -1.49. The Morgan fingerprint density at radius 3 is 2.12 bits per heavy atom. The molecule has 0 fully saturated rings. The highest BCUT2D eigenvalue weighted by molar-refractivity contribution is 5.96. The third kappa shape index (κ3) is 6.55. The molecular formula is C11H19NO5. The first-order chi connectivity index (χ1) is 7.90. The van der Waals surface area contributed by atoms with E-state index in [2.05, 4.69) is 14.8 Å². The summed E-state index contributed by atoms with van der Waals surface area (Å²) in [6.45, 7) is 3.84. The second kappa shape index (κ2) is 7.65. The van der Waals surface area contributed by atoms with Crippen LogP contribution >= 0.6 is 0 Å². The Morgan fingerprint density at radius 1 is 1.12 bits per heavy atom. The minimum absolute atomic E-state index is 0.220. The normalized spacial score (nSPS) is 11.8. The Labute approximate surface area is 101 Å². The van der Waals surface area contributed by atoms with E-state index in [0.29, 0.717) is 6.42 Å². The minimum atomic E-state index is -0.725. The number of amides is 1. The molecule has 0 bridgehead atoms. The van der Waals surface area contributed by atoms with Gasteiger partial charge in [0.1, 0.15) is 12.5 Å². The number of ether oxygens (including phenoxy) is 2. The zero-order chi connectivity index (χ0) is 13.4. The first kappa shape index (κ1) is 15.4. The molecule has 0 saturated carbocycles. The number of hydrogen-bond acceptors (Lipinski definition) is 5. The maximum Gasteiger partial charge on any atom is 0.328 e. The Morgan fingerprint density at radius 2 is 1.71 bits per heavy atom. The van der Waals surface area contributed by atoms with Gasteiger partial charge < -0.3 is 14.8 Å². The van der Waals surface area contributed by atoms with Crippen LogP contribution in [0.5, 0.6) is 0 Å². The molecule has 1 atom stereocenters. The Kier molecular flexibility index (Phi) is 6.93. The lowest BCUT2D eigenvalue weighted by Crippen LogP contribution is -2.43. The van der Waals surface area contributed by atoms with Crippen LogP contribution in [0.1, 0.15) is 26.7 Å². The van der Waals surface area contributed by atoms with E-state index in [0.717, 1.165) is 0 Å². The summed E-state index contributed by atoms with van der Waals surface area (Å²) in [5.41, 5.74) is 0. The fourth-order valence-electron chi connectivity index (χ4n) is 1.28. The molecule has 0 aliphatic rings. The predicted octanol–water partition coefficient (Wildman–Crippen LogP) is 0.253. The van der Waals surface area contributed by atoms with Crippen LogP contribution in [0, 0.1) is 5.92 Å². The molecule has 0 rings (SSSR count). The van der Waals surface area contributed by atoms with Gasteiger partial charge in [-0.2, -0.15) is 0 Å². The average Bonchev–Trinajstić information content (AvgIpc) is 2.26. The van der Waals surface area contributed by atoms with E-state index in [1.165, 1.54) is 14.2 Å². The fraction of sp³-hybridized carbons (Fsp3) is 0.727. The molecule has 0 spiro atoms. The van der Waals surface area contributed by atoms with E-state index in [9.17, 15) is 14.4 Å². The molecule has 0 aromatic heterocycles. The van der Waals surface area contributed by atoms with Crippen LogP contribution in [0.2, 0.25) is 0 Å². The van der Waals surface area contributed by atoms with Crippen LogP contribution in [0.25, 0.3) is 0 Å². The van der Waals surface area contributed by atoms with Gasteiger partial charge in [0.05, 0.1) is 14.2 Å². The zero-order valence-electron chi connectivity index (χ0n) is 10.6. The molecule has 1 amide bonds. The molecule has 0 aliphatic heterocycles. The zero-order valence-corrected chi connectivity index (χ0v) is 10.6. The average molecular weight is 245 g/mol. The molecule has 1 N–H and O–H groups in total. The van der Waals surface area contributed by atoms with Crippen molar-refractivity contribution >= 4 is 17.8 Å². The first-order valence-corrected chi connectivity index (χ1v) is 5.34. The SMILES string of the molecule is COC(=O)CC(=O)N[C@H](CC(C)C)C(=O)OC. The molecule has 0 heterocycles. The van der Waals surface area contributed by atoms with Crippen LogP contribution in [-0.2, 0) is 23.9 Å². The van der Waals surface area contributed by atoms with E-state index in [4.69, 9.17) is 0 Å². The lowest BCUT2D eigenvalue weighted by molar-refractivity contribution is -0.148.